The van der Waals surface area contributed by atoms with E-state index in [1.165, 1.54) is 12.1 Å². The number of ether oxygens (including phenoxy) is 1. The largest absolute Gasteiger partial charge is 0.464 e. The van der Waals surface area contributed by atoms with Crippen molar-refractivity contribution in [3.8, 4) is 0 Å². The number of esters is 1. The first-order chi connectivity index (χ1) is 16.7. The monoisotopic (exact) mass is 521 g/mol. The van der Waals surface area contributed by atoms with Crippen LogP contribution in [0.1, 0.15) is 18.1 Å². The quantitative estimate of drug-likeness (QED) is 0.216. The molecule has 0 saturated heterocycles. The molecule has 188 valence electrons. The molecule has 0 spiro atoms. The number of halogens is 3. The van der Waals surface area contributed by atoms with Gasteiger partial charge in [0, 0.05) is 37.0 Å². The number of rotatable bonds is 13. The van der Waals surface area contributed by atoms with Crippen LogP contribution in [-0.4, -0.2) is 71.1 Å². The van der Waals surface area contributed by atoms with E-state index in [1.54, 1.807) is 19.1 Å². The number of nitrogens with one attached hydrogen (secondary N) is 1. The Morgan fingerprint density at radius 2 is 1.69 bits per heavy atom. The van der Waals surface area contributed by atoms with Crippen LogP contribution in [0, 0.1) is 5.82 Å². The van der Waals surface area contributed by atoms with E-state index in [0.717, 1.165) is 22.2 Å². The van der Waals surface area contributed by atoms with Crippen LogP contribution in [0.5, 0.6) is 0 Å². The molecule has 2 rings (SSSR count). The second-order valence-electron chi connectivity index (χ2n) is 8.31. The number of alkyl halides is 2. The Kier molecular flexibility index (Phi) is 11.9. The number of anilines is 1. The van der Waals surface area contributed by atoms with Gasteiger partial charge in [-0.3, -0.25) is 4.79 Å². The van der Waals surface area contributed by atoms with E-state index in [-0.39, 0.29) is 18.8 Å². The molecule has 0 aromatic heterocycles. The van der Waals surface area contributed by atoms with Crippen LogP contribution < -0.4 is 26.9 Å². The molecule has 11 heteroatoms. The molecule has 6 nitrogen and oxygen atoms in total. The van der Waals surface area contributed by atoms with E-state index >= 15 is 0 Å². The minimum Gasteiger partial charge on any atom is -0.464 e. The Morgan fingerprint density at radius 1 is 1.06 bits per heavy atom. The Hall–Kier alpha value is -2.22. The lowest BCUT2D eigenvalue weighted by Gasteiger charge is -2.27. The molecule has 2 aromatic rings. The lowest BCUT2D eigenvalue weighted by atomic mass is 9.75. The summed E-state index contributed by atoms with van der Waals surface area (Å²) in [5.41, 5.74) is 11.0. The Labute approximate surface area is 218 Å². The predicted octanol–water partition coefficient (Wildman–Crippen LogP) is -0.213. The number of nitrogens with two attached hydrogens (primary N) is 1. The van der Waals surface area contributed by atoms with Crippen molar-refractivity contribution in [1.29, 1.82) is 0 Å². The van der Waals surface area contributed by atoms with Gasteiger partial charge in [-0.05, 0) is 37.1 Å². The molecule has 0 heterocycles. The van der Waals surface area contributed by atoms with Gasteiger partial charge in [0.15, 0.2) is 0 Å². The summed E-state index contributed by atoms with van der Waals surface area (Å²) in [5, 5.41) is 2.71. The van der Waals surface area contributed by atoms with Crippen LogP contribution in [-0.2, 0) is 27.2 Å². The van der Waals surface area contributed by atoms with Gasteiger partial charge in [-0.15, -0.1) is 23.2 Å². The Morgan fingerprint density at radius 3 is 2.26 bits per heavy atom. The van der Waals surface area contributed by atoms with Crippen molar-refractivity contribution in [3.63, 3.8) is 0 Å². The molecule has 0 aliphatic heterocycles. The van der Waals surface area contributed by atoms with E-state index in [9.17, 15) is 14.0 Å². The topological polar surface area (TPSA) is 84.7 Å². The van der Waals surface area contributed by atoms with E-state index < -0.39 is 24.0 Å². The van der Waals surface area contributed by atoms with Crippen LogP contribution in [0.15, 0.2) is 36.4 Å². The summed E-state index contributed by atoms with van der Waals surface area (Å²) in [6.07, 6.45) is 0.470. The zero-order valence-corrected chi connectivity index (χ0v) is 22.0. The average Bonchev–Trinajstić information content (AvgIpc) is 2.83. The molecule has 2 unspecified atom stereocenters. The molecule has 0 bridgehead atoms. The van der Waals surface area contributed by atoms with Crippen LogP contribution in [0.3, 0.4) is 0 Å². The van der Waals surface area contributed by atoms with Crippen molar-refractivity contribution < 1.29 is 18.7 Å². The maximum Gasteiger partial charge on any atom is 0.328 e. The number of hydrogen-bond acceptors (Lipinski definition) is 5. The van der Waals surface area contributed by atoms with Crippen molar-refractivity contribution >= 4 is 67.4 Å². The zero-order valence-electron chi connectivity index (χ0n) is 20.5. The van der Waals surface area contributed by atoms with Gasteiger partial charge in [-0.2, -0.15) is 0 Å². The summed E-state index contributed by atoms with van der Waals surface area (Å²) in [6, 6.07) is 7.91. The third-order valence-corrected chi connectivity index (χ3v) is 6.28. The van der Waals surface area contributed by atoms with E-state index in [2.05, 4.69) is 10.2 Å². The van der Waals surface area contributed by atoms with Crippen molar-refractivity contribution in [2.45, 2.75) is 31.8 Å². The average molecular weight is 522 g/mol. The number of carbonyl (C=O) groups excluding carboxylic acids is 2. The van der Waals surface area contributed by atoms with Gasteiger partial charge in [0.05, 0.1) is 12.6 Å². The van der Waals surface area contributed by atoms with Crippen LogP contribution in [0.4, 0.5) is 10.1 Å². The molecule has 0 fully saturated rings. The third-order valence-electron chi connectivity index (χ3n) is 5.94. The second kappa shape index (κ2) is 14.4. The van der Waals surface area contributed by atoms with Gasteiger partial charge in [0.1, 0.15) is 27.6 Å². The summed E-state index contributed by atoms with van der Waals surface area (Å²) in [5.74, 6) is -0.425. The molecule has 3 N–H and O–H groups in total. The number of carbonyl (C=O) groups is 2. The SMILES string of the molecule is Bc1c(CC(N)C(=O)NC(Cc2ccc(F)cc2)C(=O)OCC)ccc(N(CCCl)CCCl)c1B. The van der Waals surface area contributed by atoms with E-state index in [0.29, 0.717) is 36.8 Å². The van der Waals surface area contributed by atoms with Gasteiger partial charge in [-0.25, -0.2) is 9.18 Å². The maximum atomic E-state index is 13.2. The first-order valence-corrected chi connectivity index (χ1v) is 12.7. The molecule has 0 radical (unpaired) electrons. The van der Waals surface area contributed by atoms with Crippen LogP contribution in [0.25, 0.3) is 0 Å². The van der Waals surface area contributed by atoms with Crippen molar-refractivity contribution in [1.82, 2.24) is 5.32 Å². The fourth-order valence-corrected chi connectivity index (χ4v) is 4.29. The molecular formula is C24H32B2Cl2FN3O3. The second-order valence-corrected chi connectivity index (χ2v) is 9.07. The molecule has 1 amide bonds. The first-order valence-electron chi connectivity index (χ1n) is 11.6. The minimum absolute atomic E-state index is 0.168. The van der Waals surface area contributed by atoms with Crippen LogP contribution >= 0.6 is 23.2 Å². The van der Waals surface area contributed by atoms with Gasteiger partial charge in [-0.1, -0.05) is 34.7 Å². The number of amides is 1. The van der Waals surface area contributed by atoms with Gasteiger partial charge >= 0.3 is 5.97 Å². The van der Waals surface area contributed by atoms with Crippen molar-refractivity contribution in [2.75, 3.05) is 36.4 Å². The third kappa shape index (κ3) is 8.44. The molecule has 0 aliphatic rings. The number of nitrogens with zero attached hydrogens (tertiary/aromatic N) is 1. The highest BCUT2D eigenvalue weighted by Gasteiger charge is 2.26. The van der Waals surface area contributed by atoms with E-state index in [1.807, 2.05) is 27.8 Å². The molecular weight excluding hydrogens is 490 g/mol. The fraction of sp³-hybridized carbons (Fsp3) is 0.417. The summed E-state index contributed by atoms with van der Waals surface area (Å²) >= 11 is 11.9. The minimum atomic E-state index is -0.927. The van der Waals surface area contributed by atoms with Crippen molar-refractivity contribution in [3.05, 3.63) is 53.3 Å². The molecule has 2 aromatic carbocycles. The summed E-state index contributed by atoms with van der Waals surface area (Å²) in [7, 11) is 4.02. The van der Waals surface area contributed by atoms with Crippen molar-refractivity contribution in [2.24, 2.45) is 5.73 Å². The standard InChI is InChI=1S/C24H32B2Cl2FN3O3/c1-2-35-24(34)19(13-15-3-6-17(29)7-4-15)31-23(33)18(30)14-16-5-8-20(22(26)21(16)25)32(11-9-27)12-10-28/h3-8,18-19H,2,9-14,25-26,30H2,1H3,(H,31,33). The normalized spacial score (nSPS) is 12.6. The highest BCUT2D eigenvalue weighted by Crippen LogP contribution is 2.13. The maximum absolute atomic E-state index is 13.2. The first kappa shape index (κ1) is 29.0. The highest BCUT2D eigenvalue weighted by molar-refractivity contribution is 6.51. The van der Waals surface area contributed by atoms with E-state index in [4.69, 9.17) is 33.7 Å². The lowest BCUT2D eigenvalue weighted by molar-refractivity contribution is -0.147. The van der Waals surface area contributed by atoms with Gasteiger partial charge in [0.25, 0.3) is 0 Å². The summed E-state index contributed by atoms with van der Waals surface area (Å²) in [4.78, 5) is 27.5. The van der Waals surface area contributed by atoms with Gasteiger partial charge in [0.2, 0.25) is 5.91 Å². The van der Waals surface area contributed by atoms with Gasteiger partial charge < -0.3 is 20.7 Å². The fourth-order valence-electron chi connectivity index (χ4n) is 3.88. The Balaban J connectivity index is 2.14. The predicted molar refractivity (Wildman–Crippen MR) is 147 cm³/mol. The zero-order chi connectivity index (χ0) is 26.0. The molecule has 35 heavy (non-hydrogen) atoms. The smallest absolute Gasteiger partial charge is 0.328 e. The molecule has 2 atom stereocenters. The lowest BCUT2D eigenvalue weighted by Crippen LogP contribution is -2.51. The number of hydrogen-bond donors (Lipinski definition) is 2. The summed E-state index contributed by atoms with van der Waals surface area (Å²) in [6.45, 7) is 3.23. The molecule has 0 saturated carbocycles. The highest BCUT2D eigenvalue weighted by atomic mass is 35.5. The summed E-state index contributed by atoms with van der Waals surface area (Å²) < 4.78 is 18.4. The van der Waals surface area contributed by atoms with Crippen LogP contribution in [0.2, 0.25) is 0 Å². The Bertz CT molecular complexity index is 993. The number of benzene rings is 2. The molecule has 0 aliphatic carbocycles.